The molecule has 0 saturated carbocycles. The normalized spacial score (nSPS) is 24.6. The van der Waals surface area contributed by atoms with Crippen LogP contribution < -0.4 is 0 Å². The molecule has 0 aromatic heterocycles. The van der Waals surface area contributed by atoms with Crippen molar-refractivity contribution in [3.63, 3.8) is 0 Å². The van der Waals surface area contributed by atoms with Crippen LogP contribution in [0.4, 0.5) is 0 Å². The molecule has 2 rings (SSSR count). The summed E-state index contributed by atoms with van der Waals surface area (Å²) < 4.78 is 0. The number of benzene rings is 1. The van der Waals surface area contributed by atoms with Gasteiger partial charge in [-0.3, -0.25) is 4.90 Å². The Bertz CT molecular complexity index is 367. The van der Waals surface area contributed by atoms with E-state index in [-0.39, 0.29) is 6.61 Å². The van der Waals surface area contributed by atoms with Crippen molar-refractivity contribution < 1.29 is 10.2 Å². The van der Waals surface area contributed by atoms with Crippen LogP contribution in [0.25, 0.3) is 0 Å². The molecule has 0 bridgehead atoms. The Labute approximate surface area is 109 Å². The Hall–Kier alpha value is -1.06. The maximum atomic E-state index is 9.64. The van der Waals surface area contributed by atoms with Gasteiger partial charge in [0.05, 0.1) is 0 Å². The van der Waals surface area contributed by atoms with Gasteiger partial charge in [-0.2, -0.15) is 0 Å². The zero-order valence-electron chi connectivity index (χ0n) is 11.0. The van der Waals surface area contributed by atoms with E-state index in [4.69, 9.17) is 0 Å². The monoisotopic (exact) mass is 249 g/mol. The number of hydrogen-bond donors (Lipinski definition) is 2. The van der Waals surface area contributed by atoms with Crippen LogP contribution in [0.5, 0.6) is 5.75 Å². The number of hydrogen-bond acceptors (Lipinski definition) is 3. The lowest BCUT2D eigenvalue weighted by atomic mass is 9.91. The van der Waals surface area contributed by atoms with Crippen LogP contribution in [0.15, 0.2) is 24.3 Å². The van der Waals surface area contributed by atoms with E-state index in [2.05, 4.69) is 17.9 Å². The average molecular weight is 249 g/mol. The van der Waals surface area contributed by atoms with Crippen LogP contribution in [0.2, 0.25) is 0 Å². The maximum absolute atomic E-state index is 9.64. The first kappa shape index (κ1) is 13.4. The highest BCUT2D eigenvalue weighted by atomic mass is 16.3. The third-order valence-electron chi connectivity index (χ3n) is 3.85. The molecule has 1 heterocycles. The molecule has 1 aromatic carbocycles. The fourth-order valence-electron chi connectivity index (χ4n) is 3.12. The van der Waals surface area contributed by atoms with Gasteiger partial charge in [-0.1, -0.05) is 19.1 Å². The zero-order chi connectivity index (χ0) is 13.0. The van der Waals surface area contributed by atoms with Crippen molar-refractivity contribution in [1.82, 2.24) is 4.90 Å². The summed E-state index contributed by atoms with van der Waals surface area (Å²) in [6, 6.07) is 7.92. The number of rotatable bonds is 5. The molecule has 0 aliphatic carbocycles. The predicted octanol–water partition coefficient (Wildman–Crippen LogP) is 2.55. The maximum Gasteiger partial charge on any atom is 0.115 e. The van der Waals surface area contributed by atoms with Gasteiger partial charge in [-0.15, -0.1) is 0 Å². The van der Waals surface area contributed by atoms with Gasteiger partial charge in [0.15, 0.2) is 0 Å². The molecule has 0 spiro atoms. The minimum atomic E-state index is 0.250. The Morgan fingerprint density at radius 1 is 1.39 bits per heavy atom. The number of likely N-dealkylation sites (tertiary alicyclic amines) is 1. The van der Waals surface area contributed by atoms with Crippen LogP contribution in [0.3, 0.4) is 0 Å². The van der Waals surface area contributed by atoms with Crippen molar-refractivity contribution in [3.05, 3.63) is 29.8 Å². The van der Waals surface area contributed by atoms with E-state index >= 15 is 0 Å². The second-order valence-electron chi connectivity index (χ2n) is 5.14. The molecule has 3 heteroatoms. The van der Waals surface area contributed by atoms with Gasteiger partial charge in [0.2, 0.25) is 0 Å². The Morgan fingerprint density at radius 3 is 2.89 bits per heavy atom. The molecule has 18 heavy (non-hydrogen) atoms. The molecule has 1 aliphatic rings. The van der Waals surface area contributed by atoms with Crippen molar-refractivity contribution in [2.75, 3.05) is 19.7 Å². The largest absolute Gasteiger partial charge is 0.508 e. The Kier molecular flexibility index (Phi) is 4.61. The average Bonchev–Trinajstić information content (AvgIpc) is 2.73. The van der Waals surface area contributed by atoms with Gasteiger partial charge < -0.3 is 10.2 Å². The fraction of sp³-hybridized carbons (Fsp3) is 0.600. The van der Waals surface area contributed by atoms with Crippen LogP contribution in [0.1, 0.15) is 37.8 Å². The van der Waals surface area contributed by atoms with E-state index in [1.54, 1.807) is 6.07 Å². The van der Waals surface area contributed by atoms with Gasteiger partial charge in [-0.25, -0.2) is 0 Å². The second-order valence-corrected chi connectivity index (χ2v) is 5.14. The first-order chi connectivity index (χ1) is 8.76. The molecule has 0 amide bonds. The van der Waals surface area contributed by atoms with Crippen LogP contribution >= 0.6 is 0 Å². The molecule has 1 fully saturated rings. The van der Waals surface area contributed by atoms with Gasteiger partial charge in [0.25, 0.3) is 0 Å². The molecule has 100 valence electrons. The van der Waals surface area contributed by atoms with Crippen molar-refractivity contribution in [1.29, 1.82) is 0 Å². The van der Waals surface area contributed by atoms with Crippen molar-refractivity contribution in [3.8, 4) is 5.75 Å². The molecule has 2 atom stereocenters. The molecule has 1 saturated heterocycles. The highest BCUT2D eigenvalue weighted by Crippen LogP contribution is 2.39. The second kappa shape index (κ2) is 6.21. The van der Waals surface area contributed by atoms with E-state index in [9.17, 15) is 10.2 Å². The van der Waals surface area contributed by atoms with Gasteiger partial charge in [0, 0.05) is 12.6 Å². The number of aliphatic hydroxyl groups is 1. The molecule has 0 radical (unpaired) electrons. The van der Waals surface area contributed by atoms with Gasteiger partial charge in [-0.05, 0) is 56.0 Å². The standard InChI is InChI=1S/C15H23NO2/c1-2-8-16-9-6-12(7-10-17)15(16)13-4-3-5-14(18)11-13/h3-5,11-12,15,17-18H,2,6-10H2,1H3. The topological polar surface area (TPSA) is 43.7 Å². The van der Waals surface area contributed by atoms with Crippen molar-refractivity contribution in [2.24, 2.45) is 5.92 Å². The van der Waals surface area contributed by atoms with Crippen molar-refractivity contribution >= 4 is 0 Å². The third-order valence-corrected chi connectivity index (χ3v) is 3.85. The SMILES string of the molecule is CCCN1CCC(CCO)C1c1cccc(O)c1. The lowest BCUT2D eigenvalue weighted by molar-refractivity contribution is 0.196. The predicted molar refractivity (Wildman–Crippen MR) is 72.5 cm³/mol. The number of phenolic OH excluding ortho intramolecular Hbond substituents is 1. The van der Waals surface area contributed by atoms with E-state index in [0.29, 0.717) is 17.7 Å². The number of phenols is 1. The number of aliphatic hydroxyl groups excluding tert-OH is 1. The number of aromatic hydroxyl groups is 1. The summed E-state index contributed by atoms with van der Waals surface area (Å²) in [4.78, 5) is 2.48. The summed E-state index contributed by atoms with van der Waals surface area (Å²) in [6.07, 6.45) is 3.13. The molecule has 3 nitrogen and oxygen atoms in total. The van der Waals surface area contributed by atoms with Gasteiger partial charge >= 0.3 is 0 Å². The third kappa shape index (κ3) is 2.85. The van der Waals surface area contributed by atoms with Crippen LogP contribution in [-0.4, -0.2) is 34.8 Å². The molecule has 2 unspecified atom stereocenters. The molecule has 2 N–H and O–H groups in total. The van der Waals surface area contributed by atoms with E-state index in [1.165, 1.54) is 5.56 Å². The number of nitrogens with zero attached hydrogens (tertiary/aromatic N) is 1. The van der Waals surface area contributed by atoms with Crippen molar-refractivity contribution in [2.45, 2.75) is 32.2 Å². The highest BCUT2D eigenvalue weighted by molar-refractivity contribution is 5.30. The zero-order valence-corrected chi connectivity index (χ0v) is 11.0. The Morgan fingerprint density at radius 2 is 2.22 bits per heavy atom. The molecule has 1 aromatic rings. The lowest BCUT2D eigenvalue weighted by Gasteiger charge is -2.28. The summed E-state index contributed by atoms with van der Waals surface area (Å²) in [5.74, 6) is 0.835. The summed E-state index contributed by atoms with van der Waals surface area (Å²) in [6.45, 7) is 4.62. The fourth-order valence-corrected chi connectivity index (χ4v) is 3.12. The van der Waals surface area contributed by atoms with E-state index in [1.807, 2.05) is 12.1 Å². The summed E-state index contributed by atoms with van der Waals surface area (Å²) >= 11 is 0. The quantitative estimate of drug-likeness (QED) is 0.843. The molecular formula is C15H23NO2. The van der Waals surface area contributed by atoms with Gasteiger partial charge in [0.1, 0.15) is 5.75 Å². The molecular weight excluding hydrogens is 226 g/mol. The minimum Gasteiger partial charge on any atom is -0.508 e. The summed E-state index contributed by atoms with van der Waals surface area (Å²) in [5.41, 5.74) is 1.18. The first-order valence-electron chi connectivity index (χ1n) is 6.90. The first-order valence-corrected chi connectivity index (χ1v) is 6.90. The van der Waals surface area contributed by atoms with E-state index < -0.39 is 0 Å². The van der Waals surface area contributed by atoms with Crippen LogP contribution in [0, 0.1) is 5.92 Å². The molecule has 1 aliphatic heterocycles. The lowest BCUT2D eigenvalue weighted by Crippen LogP contribution is -2.26. The Balaban J connectivity index is 2.22. The van der Waals surface area contributed by atoms with E-state index in [0.717, 1.165) is 32.4 Å². The smallest absolute Gasteiger partial charge is 0.115 e. The minimum absolute atomic E-state index is 0.250. The summed E-state index contributed by atoms with van der Waals surface area (Å²) in [5, 5.41) is 18.8. The highest BCUT2D eigenvalue weighted by Gasteiger charge is 2.34. The summed E-state index contributed by atoms with van der Waals surface area (Å²) in [7, 11) is 0. The van der Waals surface area contributed by atoms with Crippen LogP contribution in [-0.2, 0) is 0 Å².